The number of hydrogen-bond donors (Lipinski definition) is 1. The maximum atomic E-state index is 11.8. The quantitative estimate of drug-likeness (QED) is 0.153. The van der Waals surface area contributed by atoms with Crippen LogP contribution in [-0.2, 0) is 9.53 Å². The smallest absolute Gasteiger partial charge is 0.330 e. The Bertz CT molecular complexity index is 595. The number of hydrogen-bond acceptors (Lipinski definition) is 4. The summed E-state index contributed by atoms with van der Waals surface area (Å²) in [6, 6.07) is 4.93. The maximum Gasteiger partial charge on any atom is 0.330 e. The van der Waals surface area contributed by atoms with Crippen molar-refractivity contribution in [3.8, 4) is 11.5 Å². The molecule has 170 valence electrons. The standard InChI is InChI=1S/C26H42O4/c1-3-4-5-6-7-8-9-10-11-12-13-14-15-16-21-30-26(28)20-18-23-17-19-24(27)25(22-23)29-2/h17-20,22,27H,3-16,21H2,1-2H3/b20-18-. The molecule has 0 fully saturated rings. The van der Waals surface area contributed by atoms with Crippen molar-refractivity contribution in [2.45, 2.75) is 96.8 Å². The lowest BCUT2D eigenvalue weighted by Crippen LogP contribution is -2.02. The number of carbonyl (C=O) groups is 1. The molecule has 0 aliphatic rings. The van der Waals surface area contributed by atoms with Crippen molar-refractivity contribution in [1.29, 1.82) is 0 Å². The second-order valence-electron chi connectivity index (χ2n) is 8.03. The molecule has 1 aromatic rings. The molecule has 0 bridgehead atoms. The monoisotopic (exact) mass is 418 g/mol. The van der Waals surface area contributed by atoms with Crippen molar-refractivity contribution in [2.24, 2.45) is 0 Å². The fourth-order valence-corrected chi connectivity index (χ4v) is 3.48. The van der Waals surface area contributed by atoms with Gasteiger partial charge < -0.3 is 14.6 Å². The molecule has 0 aliphatic carbocycles. The number of unbranched alkanes of at least 4 members (excludes halogenated alkanes) is 13. The van der Waals surface area contributed by atoms with E-state index in [-0.39, 0.29) is 11.7 Å². The van der Waals surface area contributed by atoms with Crippen molar-refractivity contribution in [3.63, 3.8) is 0 Å². The minimum Gasteiger partial charge on any atom is -0.504 e. The summed E-state index contributed by atoms with van der Waals surface area (Å²) in [5, 5.41) is 9.57. The van der Waals surface area contributed by atoms with Gasteiger partial charge in [-0.05, 0) is 30.2 Å². The van der Waals surface area contributed by atoms with E-state index in [1.54, 1.807) is 24.3 Å². The highest BCUT2D eigenvalue weighted by Gasteiger charge is 2.02. The Kier molecular flexibility index (Phi) is 15.5. The van der Waals surface area contributed by atoms with Crippen LogP contribution >= 0.6 is 0 Å². The van der Waals surface area contributed by atoms with Gasteiger partial charge in [0.1, 0.15) is 0 Å². The summed E-state index contributed by atoms with van der Waals surface area (Å²) in [4.78, 5) is 11.8. The summed E-state index contributed by atoms with van der Waals surface area (Å²) >= 11 is 0. The van der Waals surface area contributed by atoms with Crippen LogP contribution in [0, 0.1) is 0 Å². The normalized spacial score (nSPS) is 11.1. The summed E-state index contributed by atoms with van der Waals surface area (Å²) in [5.41, 5.74) is 0.776. The van der Waals surface area contributed by atoms with E-state index in [0.29, 0.717) is 12.4 Å². The van der Waals surface area contributed by atoms with Crippen LogP contribution < -0.4 is 4.74 Å². The summed E-state index contributed by atoms with van der Waals surface area (Å²) in [5.74, 6) is 0.125. The highest BCUT2D eigenvalue weighted by Crippen LogP contribution is 2.26. The second kappa shape index (κ2) is 17.9. The third kappa shape index (κ3) is 13.3. The van der Waals surface area contributed by atoms with E-state index >= 15 is 0 Å². The first kappa shape index (κ1) is 26.1. The molecule has 1 N–H and O–H groups in total. The predicted octanol–water partition coefficient (Wildman–Crippen LogP) is 7.44. The molecule has 0 saturated heterocycles. The molecule has 4 heteroatoms. The molecule has 0 amide bonds. The number of phenols is 1. The highest BCUT2D eigenvalue weighted by atomic mass is 16.5. The minimum atomic E-state index is -0.336. The topological polar surface area (TPSA) is 55.8 Å². The van der Waals surface area contributed by atoms with E-state index in [2.05, 4.69) is 6.92 Å². The average Bonchev–Trinajstić information content (AvgIpc) is 2.75. The molecule has 0 unspecified atom stereocenters. The molecule has 4 nitrogen and oxygen atoms in total. The maximum absolute atomic E-state index is 11.8. The Hall–Kier alpha value is -1.97. The zero-order valence-electron chi connectivity index (χ0n) is 19.2. The summed E-state index contributed by atoms with van der Waals surface area (Å²) in [7, 11) is 1.49. The third-order valence-corrected chi connectivity index (χ3v) is 5.36. The summed E-state index contributed by atoms with van der Waals surface area (Å²) < 4.78 is 10.3. The lowest BCUT2D eigenvalue weighted by atomic mass is 10.0. The van der Waals surface area contributed by atoms with Crippen molar-refractivity contribution in [1.82, 2.24) is 0 Å². The molecular weight excluding hydrogens is 376 g/mol. The molecule has 0 aromatic heterocycles. The lowest BCUT2D eigenvalue weighted by molar-refractivity contribution is -0.137. The van der Waals surface area contributed by atoms with Gasteiger partial charge in [-0.1, -0.05) is 96.5 Å². The Morgan fingerprint density at radius 1 is 0.867 bits per heavy atom. The largest absolute Gasteiger partial charge is 0.504 e. The summed E-state index contributed by atoms with van der Waals surface area (Å²) in [6.45, 7) is 2.74. The van der Waals surface area contributed by atoms with Gasteiger partial charge in [-0.3, -0.25) is 0 Å². The number of esters is 1. The van der Waals surface area contributed by atoms with E-state index in [1.807, 2.05) is 0 Å². The van der Waals surface area contributed by atoms with Gasteiger partial charge in [0.05, 0.1) is 13.7 Å². The Morgan fingerprint density at radius 3 is 1.93 bits per heavy atom. The highest BCUT2D eigenvalue weighted by molar-refractivity contribution is 5.87. The molecule has 1 rings (SSSR count). The number of rotatable bonds is 18. The van der Waals surface area contributed by atoms with Crippen LogP contribution in [0.2, 0.25) is 0 Å². The third-order valence-electron chi connectivity index (χ3n) is 5.36. The number of carbonyl (C=O) groups excluding carboxylic acids is 1. The van der Waals surface area contributed by atoms with Crippen LogP contribution in [0.1, 0.15) is 102 Å². The van der Waals surface area contributed by atoms with E-state index in [4.69, 9.17) is 9.47 Å². The molecule has 0 spiro atoms. The van der Waals surface area contributed by atoms with Gasteiger partial charge in [0.25, 0.3) is 0 Å². The van der Waals surface area contributed by atoms with Crippen LogP contribution in [0.4, 0.5) is 0 Å². The summed E-state index contributed by atoms with van der Waals surface area (Å²) in [6.07, 6.45) is 21.4. The number of methoxy groups -OCH3 is 1. The van der Waals surface area contributed by atoms with Crippen LogP contribution in [0.15, 0.2) is 24.3 Å². The van der Waals surface area contributed by atoms with Crippen molar-refractivity contribution >= 4 is 12.0 Å². The van der Waals surface area contributed by atoms with Gasteiger partial charge in [0, 0.05) is 6.08 Å². The fraction of sp³-hybridized carbons (Fsp3) is 0.654. The Labute approximate surface area is 183 Å². The SMILES string of the molecule is CCCCCCCCCCCCCCCCOC(=O)/C=C\c1ccc(O)c(OC)c1. The predicted molar refractivity (Wildman–Crippen MR) is 125 cm³/mol. The molecular formula is C26H42O4. The minimum absolute atomic E-state index is 0.0787. The molecule has 1 aromatic carbocycles. The number of phenolic OH excluding ortho intramolecular Hbond substituents is 1. The molecule has 0 atom stereocenters. The number of benzene rings is 1. The molecule has 0 aliphatic heterocycles. The first-order valence-corrected chi connectivity index (χ1v) is 11.9. The second-order valence-corrected chi connectivity index (χ2v) is 8.03. The lowest BCUT2D eigenvalue weighted by Gasteiger charge is -2.04. The van der Waals surface area contributed by atoms with Crippen LogP contribution in [0.25, 0.3) is 6.08 Å². The number of ether oxygens (including phenoxy) is 2. The van der Waals surface area contributed by atoms with Gasteiger partial charge in [-0.15, -0.1) is 0 Å². The van der Waals surface area contributed by atoms with E-state index in [1.165, 1.54) is 90.2 Å². The van der Waals surface area contributed by atoms with Crippen LogP contribution in [-0.4, -0.2) is 24.8 Å². The van der Waals surface area contributed by atoms with Crippen LogP contribution in [0.5, 0.6) is 11.5 Å². The number of aromatic hydroxyl groups is 1. The molecule has 0 radical (unpaired) electrons. The first-order valence-electron chi connectivity index (χ1n) is 11.9. The van der Waals surface area contributed by atoms with Crippen molar-refractivity contribution in [3.05, 3.63) is 29.8 Å². The first-order chi connectivity index (χ1) is 14.7. The van der Waals surface area contributed by atoms with Gasteiger partial charge >= 0.3 is 5.97 Å². The molecule has 30 heavy (non-hydrogen) atoms. The van der Waals surface area contributed by atoms with E-state index in [9.17, 15) is 9.90 Å². The Morgan fingerprint density at radius 2 is 1.40 bits per heavy atom. The van der Waals surface area contributed by atoms with E-state index < -0.39 is 0 Å². The van der Waals surface area contributed by atoms with Gasteiger partial charge in [0.15, 0.2) is 11.5 Å². The van der Waals surface area contributed by atoms with Gasteiger partial charge in [-0.2, -0.15) is 0 Å². The van der Waals surface area contributed by atoms with Crippen molar-refractivity contribution < 1.29 is 19.4 Å². The zero-order valence-corrected chi connectivity index (χ0v) is 19.2. The molecule has 0 heterocycles. The average molecular weight is 419 g/mol. The molecule has 0 saturated carbocycles. The van der Waals surface area contributed by atoms with Crippen LogP contribution in [0.3, 0.4) is 0 Å². The zero-order chi connectivity index (χ0) is 21.9. The fourth-order valence-electron chi connectivity index (χ4n) is 3.48. The van der Waals surface area contributed by atoms with E-state index in [0.717, 1.165) is 18.4 Å². The van der Waals surface area contributed by atoms with Gasteiger partial charge in [0.2, 0.25) is 0 Å². The van der Waals surface area contributed by atoms with Gasteiger partial charge in [-0.25, -0.2) is 4.79 Å². The Balaban J connectivity index is 1.93. The van der Waals surface area contributed by atoms with Crippen molar-refractivity contribution in [2.75, 3.05) is 13.7 Å².